The monoisotopic (exact) mass is 454 g/mol. The number of nitrogens with two attached hydrogens (primary N) is 2. The standard InChI is InChI=1S/C26H23N5OS/c27-26(12-3-13-26)19-8-6-17(7-9-19)18-14-29-25-23(15-30-31(25)16-18)21-10-11-24(33(28)32)22-5-2-1-4-20(21)22/h1-2,4-11,14-16H,3,12-13,27H2,(H2,28,32)/p+1. The highest BCUT2D eigenvalue weighted by Gasteiger charge is 2.34. The third-order valence-electron chi connectivity index (χ3n) is 6.82. The number of thiol groups is 1. The Balaban J connectivity index is 1.41. The third-order valence-corrected chi connectivity index (χ3v) is 7.69. The van der Waals surface area contributed by atoms with Gasteiger partial charge in [0.2, 0.25) is 0 Å². The van der Waals surface area contributed by atoms with Crippen molar-refractivity contribution in [3.63, 3.8) is 0 Å². The number of aromatic nitrogens is 3. The first-order chi connectivity index (χ1) is 16.0. The van der Waals surface area contributed by atoms with E-state index in [1.54, 1.807) is 4.52 Å². The lowest BCUT2D eigenvalue weighted by Gasteiger charge is -2.38. The Morgan fingerprint density at radius 1 is 0.879 bits per heavy atom. The van der Waals surface area contributed by atoms with E-state index in [1.165, 1.54) is 12.0 Å². The number of hydrogen-bond donors (Lipinski definition) is 2. The van der Waals surface area contributed by atoms with Gasteiger partial charge in [-0.25, -0.2) is 9.50 Å². The van der Waals surface area contributed by atoms with Gasteiger partial charge in [0.25, 0.3) is 0 Å². The Morgan fingerprint density at radius 2 is 1.64 bits per heavy atom. The van der Waals surface area contributed by atoms with Crippen molar-refractivity contribution in [2.45, 2.75) is 29.7 Å². The Kier molecular flexibility index (Phi) is 4.65. The lowest BCUT2D eigenvalue weighted by Crippen LogP contribution is -2.43. The van der Waals surface area contributed by atoms with Crippen molar-refractivity contribution in [1.29, 1.82) is 0 Å². The van der Waals surface area contributed by atoms with Crippen LogP contribution in [0.25, 0.3) is 38.7 Å². The van der Waals surface area contributed by atoms with Gasteiger partial charge in [0.15, 0.2) is 21.5 Å². The lowest BCUT2D eigenvalue weighted by molar-refractivity contribution is 0.253. The summed E-state index contributed by atoms with van der Waals surface area (Å²) >= 11 is 0. The Morgan fingerprint density at radius 3 is 2.33 bits per heavy atom. The van der Waals surface area contributed by atoms with Gasteiger partial charge < -0.3 is 5.73 Å². The van der Waals surface area contributed by atoms with Crippen LogP contribution in [0.1, 0.15) is 24.8 Å². The second-order valence-corrected chi connectivity index (χ2v) is 9.89. The molecule has 6 rings (SSSR count). The minimum atomic E-state index is -1.93. The number of rotatable bonds is 4. The average molecular weight is 455 g/mol. The van der Waals surface area contributed by atoms with Crippen LogP contribution in [-0.4, -0.2) is 14.6 Å². The fourth-order valence-corrected chi connectivity index (χ4v) is 5.42. The summed E-state index contributed by atoms with van der Waals surface area (Å²) in [5, 5.41) is 12.2. The predicted octanol–water partition coefficient (Wildman–Crippen LogP) is 4.48. The highest BCUT2D eigenvalue weighted by molar-refractivity contribution is 7.82. The topological polar surface area (TPSA) is 99.3 Å². The summed E-state index contributed by atoms with van der Waals surface area (Å²) in [5.74, 6) is 0. The molecule has 1 aliphatic carbocycles. The highest BCUT2D eigenvalue weighted by atomic mass is 32.2. The summed E-state index contributed by atoms with van der Waals surface area (Å²) in [7, 11) is -1.93. The Bertz CT molecular complexity index is 1540. The van der Waals surface area contributed by atoms with E-state index in [4.69, 9.17) is 15.9 Å². The SMILES string of the molecule is N[SH+](=O)c1ccc(-c2cnn3cc(-c4ccc(C5(N)CCC5)cc4)cnc23)c2ccccc12. The van der Waals surface area contributed by atoms with Gasteiger partial charge in [-0.15, -0.1) is 5.14 Å². The van der Waals surface area contributed by atoms with Crippen LogP contribution < -0.4 is 10.9 Å². The van der Waals surface area contributed by atoms with E-state index < -0.39 is 11.0 Å². The fraction of sp³-hybridized carbons (Fsp3) is 0.154. The summed E-state index contributed by atoms with van der Waals surface area (Å²) < 4.78 is 13.8. The molecule has 3 aromatic carbocycles. The zero-order valence-corrected chi connectivity index (χ0v) is 18.9. The summed E-state index contributed by atoms with van der Waals surface area (Å²) in [6, 6.07) is 20.1. The van der Waals surface area contributed by atoms with Crippen molar-refractivity contribution in [1.82, 2.24) is 14.6 Å². The van der Waals surface area contributed by atoms with E-state index in [0.29, 0.717) is 4.90 Å². The molecule has 0 spiro atoms. The molecule has 0 bridgehead atoms. The van der Waals surface area contributed by atoms with Gasteiger partial charge in [-0.05, 0) is 59.5 Å². The number of fused-ring (bicyclic) bond motifs is 2. The molecule has 33 heavy (non-hydrogen) atoms. The van der Waals surface area contributed by atoms with E-state index in [2.05, 4.69) is 29.4 Å². The molecule has 1 aliphatic rings. The van der Waals surface area contributed by atoms with Gasteiger partial charge in [0, 0.05) is 34.4 Å². The number of benzene rings is 3. The van der Waals surface area contributed by atoms with Crippen molar-refractivity contribution in [2.75, 3.05) is 0 Å². The van der Waals surface area contributed by atoms with Crippen LogP contribution in [0.4, 0.5) is 0 Å². The number of nitrogens with zero attached hydrogens (tertiary/aromatic N) is 3. The minimum absolute atomic E-state index is 0.160. The highest BCUT2D eigenvalue weighted by Crippen LogP contribution is 2.39. The second-order valence-electron chi connectivity index (χ2n) is 8.76. The molecule has 0 amide bonds. The molecule has 0 aliphatic heterocycles. The second kappa shape index (κ2) is 7.59. The smallest absolute Gasteiger partial charge is 0.182 e. The van der Waals surface area contributed by atoms with Crippen LogP contribution in [0.3, 0.4) is 0 Å². The number of hydrogen-bond acceptors (Lipinski definition) is 4. The molecule has 2 heterocycles. The molecule has 7 heteroatoms. The van der Waals surface area contributed by atoms with Crippen LogP contribution in [0.5, 0.6) is 0 Å². The quantitative estimate of drug-likeness (QED) is 0.309. The van der Waals surface area contributed by atoms with Gasteiger partial charge in [0.1, 0.15) is 0 Å². The zero-order chi connectivity index (χ0) is 22.6. The minimum Gasteiger partial charge on any atom is -0.321 e. The van der Waals surface area contributed by atoms with E-state index in [-0.39, 0.29) is 5.54 Å². The molecule has 164 valence electrons. The molecule has 0 radical (unpaired) electrons. The molecular formula is C26H24N5OS+. The fourth-order valence-electron chi connectivity index (χ4n) is 4.76. The molecule has 1 atom stereocenters. The van der Waals surface area contributed by atoms with Crippen LogP contribution in [0, 0.1) is 0 Å². The van der Waals surface area contributed by atoms with Gasteiger partial charge in [0.05, 0.1) is 6.20 Å². The van der Waals surface area contributed by atoms with Crippen LogP contribution in [-0.2, 0) is 20.7 Å². The first-order valence-electron chi connectivity index (χ1n) is 11.0. The molecule has 2 aromatic heterocycles. The van der Waals surface area contributed by atoms with E-state index in [0.717, 1.165) is 51.5 Å². The maximum atomic E-state index is 12.0. The molecule has 5 aromatic rings. The van der Waals surface area contributed by atoms with Gasteiger partial charge in [-0.3, -0.25) is 0 Å². The molecule has 6 nitrogen and oxygen atoms in total. The molecule has 0 saturated heterocycles. The zero-order valence-electron chi connectivity index (χ0n) is 18.0. The summed E-state index contributed by atoms with van der Waals surface area (Å²) in [6.07, 6.45) is 9.00. The Labute approximate surface area is 193 Å². The van der Waals surface area contributed by atoms with Crippen molar-refractivity contribution in [3.05, 3.63) is 84.8 Å². The lowest BCUT2D eigenvalue weighted by atomic mass is 9.72. The predicted molar refractivity (Wildman–Crippen MR) is 133 cm³/mol. The van der Waals surface area contributed by atoms with Crippen molar-refractivity contribution < 1.29 is 4.21 Å². The normalized spacial score (nSPS) is 16.1. The molecule has 1 fully saturated rings. The summed E-state index contributed by atoms with van der Waals surface area (Å²) in [6.45, 7) is 0. The van der Waals surface area contributed by atoms with E-state index >= 15 is 0 Å². The van der Waals surface area contributed by atoms with Crippen LogP contribution in [0.2, 0.25) is 0 Å². The molecule has 4 N–H and O–H groups in total. The van der Waals surface area contributed by atoms with Gasteiger partial charge in [-0.1, -0.05) is 46.7 Å². The van der Waals surface area contributed by atoms with Gasteiger partial charge >= 0.3 is 0 Å². The van der Waals surface area contributed by atoms with Crippen molar-refractivity contribution in [2.24, 2.45) is 10.9 Å². The van der Waals surface area contributed by atoms with Gasteiger partial charge in [-0.2, -0.15) is 5.10 Å². The molecule has 1 unspecified atom stereocenters. The summed E-state index contributed by atoms with van der Waals surface area (Å²) in [4.78, 5) is 5.40. The van der Waals surface area contributed by atoms with Crippen LogP contribution >= 0.6 is 0 Å². The third kappa shape index (κ3) is 3.28. The maximum Gasteiger partial charge on any atom is 0.182 e. The maximum absolute atomic E-state index is 12.0. The Hall–Kier alpha value is -3.39. The first-order valence-corrected chi connectivity index (χ1v) is 12.3. The van der Waals surface area contributed by atoms with Crippen molar-refractivity contribution in [3.8, 4) is 22.3 Å². The van der Waals surface area contributed by atoms with Crippen molar-refractivity contribution >= 4 is 27.4 Å². The molecule has 1 saturated carbocycles. The summed E-state index contributed by atoms with van der Waals surface area (Å²) in [5.41, 5.74) is 12.2. The first kappa shape index (κ1) is 20.2. The van der Waals surface area contributed by atoms with E-state index in [9.17, 15) is 4.21 Å². The largest absolute Gasteiger partial charge is 0.321 e. The van der Waals surface area contributed by atoms with E-state index in [1.807, 2.05) is 55.0 Å². The molecular weight excluding hydrogens is 430 g/mol. The van der Waals surface area contributed by atoms with Crippen LogP contribution in [0.15, 0.2) is 84.1 Å². The average Bonchev–Trinajstić information content (AvgIpc) is 3.25.